The fraction of sp³-hybridized carbons (Fsp3) is 0.533. The minimum Gasteiger partial charge on any atom is -0.435 e. The monoisotopic (exact) mass is 334 g/mol. The minimum absolute atomic E-state index is 0.00653. The Kier molecular flexibility index (Phi) is 6.20. The summed E-state index contributed by atoms with van der Waals surface area (Å²) in [6.07, 6.45) is -2.32. The van der Waals surface area contributed by atoms with Gasteiger partial charge in [-0.1, -0.05) is 12.1 Å². The highest BCUT2D eigenvalue weighted by molar-refractivity contribution is 5.79. The predicted molar refractivity (Wildman–Crippen MR) is 75.8 cm³/mol. The molecule has 1 fully saturated rings. The normalized spacial score (nSPS) is 16.2. The second-order valence-corrected chi connectivity index (χ2v) is 5.28. The van der Waals surface area contributed by atoms with Gasteiger partial charge in [0, 0.05) is 26.2 Å². The Labute approximate surface area is 131 Å². The molecule has 0 aromatic heterocycles. The lowest BCUT2D eigenvalue weighted by atomic mass is 10.1. The summed E-state index contributed by atoms with van der Waals surface area (Å²) in [7, 11) is 0. The molecule has 1 aromatic rings. The standard InChI is InChI=1S/C15H18F4N2O2/c16-13(17)10-20-4-6-21(7-5-20)14(22)9-11-2-1-3-12(8-11)23-15(18)19/h1-3,8,13,15H,4-7,9-10H2. The largest absolute Gasteiger partial charge is 0.435 e. The van der Waals surface area contributed by atoms with E-state index in [2.05, 4.69) is 4.74 Å². The molecule has 4 nitrogen and oxygen atoms in total. The van der Waals surface area contributed by atoms with E-state index in [1.807, 2.05) is 0 Å². The number of hydrogen-bond donors (Lipinski definition) is 0. The van der Waals surface area contributed by atoms with E-state index in [0.717, 1.165) is 0 Å². The second kappa shape index (κ2) is 8.14. The van der Waals surface area contributed by atoms with E-state index >= 15 is 0 Å². The fourth-order valence-electron chi connectivity index (χ4n) is 2.49. The zero-order valence-corrected chi connectivity index (χ0v) is 12.4. The minimum atomic E-state index is -2.91. The summed E-state index contributed by atoms with van der Waals surface area (Å²) < 4.78 is 53.3. The molecule has 1 amide bonds. The molecular weight excluding hydrogens is 316 g/mol. The van der Waals surface area contributed by atoms with E-state index in [1.54, 1.807) is 21.9 Å². The molecular formula is C15H18F4N2O2. The molecule has 1 saturated heterocycles. The van der Waals surface area contributed by atoms with Gasteiger partial charge in [0.05, 0.1) is 13.0 Å². The molecule has 1 heterocycles. The van der Waals surface area contributed by atoms with Crippen LogP contribution in [0.4, 0.5) is 17.6 Å². The summed E-state index contributed by atoms with van der Waals surface area (Å²) in [4.78, 5) is 15.4. The Morgan fingerprint density at radius 2 is 1.83 bits per heavy atom. The van der Waals surface area contributed by atoms with Crippen LogP contribution in [-0.2, 0) is 11.2 Å². The summed E-state index contributed by atoms with van der Waals surface area (Å²) in [5, 5.41) is 0. The zero-order chi connectivity index (χ0) is 16.8. The highest BCUT2D eigenvalue weighted by atomic mass is 19.3. The number of benzene rings is 1. The Bertz CT molecular complexity index is 520. The van der Waals surface area contributed by atoms with Crippen molar-refractivity contribution >= 4 is 5.91 Å². The van der Waals surface area contributed by atoms with Crippen molar-refractivity contribution in [1.82, 2.24) is 9.80 Å². The van der Waals surface area contributed by atoms with Gasteiger partial charge in [-0.15, -0.1) is 0 Å². The second-order valence-electron chi connectivity index (χ2n) is 5.28. The van der Waals surface area contributed by atoms with Crippen molar-refractivity contribution in [3.05, 3.63) is 29.8 Å². The zero-order valence-electron chi connectivity index (χ0n) is 12.4. The van der Waals surface area contributed by atoms with Crippen molar-refractivity contribution in [2.45, 2.75) is 19.5 Å². The van der Waals surface area contributed by atoms with Crippen LogP contribution in [0, 0.1) is 0 Å². The van der Waals surface area contributed by atoms with Gasteiger partial charge in [0.15, 0.2) is 0 Å². The Balaban J connectivity index is 1.85. The average Bonchev–Trinajstić information content (AvgIpc) is 2.47. The first-order chi connectivity index (χ1) is 10.9. The number of piperazine rings is 1. The highest BCUT2D eigenvalue weighted by Crippen LogP contribution is 2.17. The van der Waals surface area contributed by atoms with Crippen LogP contribution in [0.1, 0.15) is 5.56 Å². The van der Waals surface area contributed by atoms with Crippen molar-refractivity contribution in [2.75, 3.05) is 32.7 Å². The summed E-state index contributed by atoms with van der Waals surface area (Å²) in [6.45, 7) is -1.61. The summed E-state index contributed by atoms with van der Waals surface area (Å²) in [5.41, 5.74) is 0.572. The molecule has 1 aliphatic rings. The third kappa shape index (κ3) is 5.70. The number of nitrogens with zero attached hydrogens (tertiary/aromatic N) is 2. The van der Waals surface area contributed by atoms with Crippen LogP contribution >= 0.6 is 0 Å². The van der Waals surface area contributed by atoms with Crippen molar-refractivity contribution in [1.29, 1.82) is 0 Å². The van der Waals surface area contributed by atoms with Crippen molar-refractivity contribution in [3.8, 4) is 5.75 Å². The quantitative estimate of drug-likeness (QED) is 0.748. The number of halogens is 4. The van der Waals surface area contributed by atoms with Gasteiger partial charge in [-0.3, -0.25) is 9.69 Å². The molecule has 0 radical (unpaired) electrons. The van der Waals surface area contributed by atoms with Crippen LogP contribution in [0.15, 0.2) is 24.3 Å². The maximum atomic E-state index is 12.3. The molecule has 0 bridgehead atoms. The van der Waals surface area contributed by atoms with Gasteiger partial charge in [-0.25, -0.2) is 8.78 Å². The summed E-state index contributed by atoms with van der Waals surface area (Å²) in [6, 6.07) is 5.99. The average molecular weight is 334 g/mol. The molecule has 8 heteroatoms. The fourth-order valence-corrected chi connectivity index (χ4v) is 2.49. The molecule has 23 heavy (non-hydrogen) atoms. The molecule has 1 aliphatic heterocycles. The van der Waals surface area contributed by atoms with Gasteiger partial charge in [0.2, 0.25) is 5.91 Å². The lowest BCUT2D eigenvalue weighted by Crippen LogP contribution is -2.50. The number of rotatable bonds is 6. The van der Waals surface area contributed by atoms with E-state index < -0.39 is 13.0 Å². The van der Waals surface area contributed by atoms with Crippen LogP contribution in [0.25, 0.3) is 0 Å². The Hall–Kier alpha value is -1.83. The Morgan fingerprint density at radius 3 is 2.43 bits per heavy atom. The van der Waals surface area contributed by atoms with E-state index in [1.165, 1.54) is 12.1 Å². The number of alkyl halides is 4. The number of amides is 1. The predicted octanol–water partition coefficient (Wildman–Crippen LogP) is 2.24. The number of carbonyl (C=O) groups excluding carboxylic acids is 1. The maximum Gasteiger partial charge on any atom is 0.387 e. The SMILES string of the molecule is O=C(Cc1cccc(OC(F)F)c1)N1CCN(CC(F)F)CC1. The van der Waals surface area contributed by atoms with E-state index in [-0.39, 0.29) is 24.6 Å². The first-order valence-electron chi connectivity index (χ1n) is 7.26. The molecule has 128 valence electrons. The van der Waals surface area contributed by atoms with Gasteiger partial charge >= 0.3 is 6.61 Å². The van der Waals surface area contributed by atoms with Crippen LogP contribution in [0.2, 0.25) is 0 Å². The number of hydrogen-bond acceptors (Lipinski definition) is 3. The van der Waals surface area contributed by atoms with E-state index in [9.17, 15) is 22.4 Å². The lowest BCUT2D eigenvalue weighted by molar-refractivity contribution is -0.132. The van der Waals surface area contributed by atoms with Crippen molar-refractivity contribution in [2.24, 2.45) is 0 Å². The third-order valence-electron chi connectivity index (χ3n) is 3.60. The highest BCUT2D eigenvalue weighted by Gasteiger charge is 2.22. The van der Waals surface area contributed by atoms with Gasteiger partial charge in [-0.05, 0) is 17.7 Å². The molecule has 0 atom stereocenters. The molecule has 0 spiro atoms. The molecule has 0 saturated carbocycles. The summed E-state index contributed by atoms with van der Waals surface area (Å²) >= 11 is 0. The van der Waals surface area contributed by atoms with E-state index in [0.29, 0.717) is 31.7 Å². The van der Waals surface area contributed by atoms with Crippen molar-refractivity contribution in [3.63, 3.8) is 0 Å². The van der Waals surface area contributed by atoms with Gasteiger partial charge in [0.25, 0.3) is 6.43 Å². The van der Waals surface area contributed by atoms with Crippen LogP contribution in [0.5, 0.6) is 5.75 Å². The van der Waals surface area contributed by atoms with Crippen LogP contribution < -0.4 is 4.74 Å². The maximum absolute atomic E-state index is 12.3. The smallest absolute Gasteiger partial charge is 0.387 e. The molecule has 1 aromatic carbocycles. The van der Waals surface area contributed by atoms with Crippen LogP contribution in [0.3, 0.4) is 0 Å². The summed E-state index contributed by atoms with van der Waals surface area (Å²) in [5.74, 6) is -0.150. The Morgan fingerprint density at radius 1 is 1.13 bits per heavy atom. The molecule has 0 N–H and O–H groups in total. The van der Waals surface area contributed by atoms with Gasteiger partial charge in [-0.2, -0.15) is 8.78 Å². The first-order valence-corrected chi connectivity index (χ1v) is 7.26. The lowest BCUT2D eigenvalue weighted by Gasteiger charge is -2.34. The molecule has 0 aliphatic carbocycles. The molecule has 0 unspecified atom stereocenters. The number of carbonyl (C=O) groups is 1. The topological polar surface area (TPSA) is 32.8 Å². The van der Waals surface area contributed by atoms with Gasteiger partial charge in [0.1, 0.15) is 5.75 Å². The van der Waals surface area contributed by atoms with Gasteiger partial charge < -0.3 is 9.64 Å². The van der Waals surface area contributed by atoms with Crippen molar-refractivity contribution < 1.29 is 27.1 Å². The number of ether oxygens (including phenoxy) is 1. The van der Waals surface area contributed by atoms with Crippen LogP contribution in [-0.4, -0.2) is 61.5 Å². The first kappa shape index (κ1) is 17.5. The molecule has 2 rings (SSSR count). The third-order valence-corrected chi connectivity index (χ3v) is 3.60. The van der Waals surface area contributed by atoms with E-state index in [4.69, 9.17) is 0 Å².